The second kappa shape index (κ2) is 8.69. The Morgan fingerprint density at radius 1 is 0.897 bits per heavy atom. The van der Waals surface area contributed by atoms with E-state index in [9.17, 15) is 0 Å². The van der Waals surface area contributed by atoms with Crippen LogP contribution in [-0.4, -0.2) is 6.21 Å². The molecule has 0 unspecified atom stereocenters. The molecule has 0 radical (unpaired) electrons. The number of nitrogens with zero attached hydrogens (tertiary/aromatic N) is 1. The minimum absolute atomic E-state index is 0.455. The van der Waals surface area contributed by atoms with Crippen molar-refractivity contribution >= 4 is 45.9 Å². The van der Waals surface area contributed by atoms with Crippen molar-refractivity contribution in [2.45, 2.75) is 13.5 Å². The molecule has 0 aliphatic rings. The fraction of sp³-hybridized carbons (Fsp3) is 0.0800. The molecule has 0 aromatic heterocycles. The Morgan fingerprint density at radius 3 is 2.59 bits per heavy atom. The maximum absolute atomic E-state index is 6.44. The van der Waals surface area contributed by atoms with E-state index in [1.807, 2.05) is 61.5 Å². The molecule has 0 amide bonds. The summed E-state index contributed by atoms with van der Waals surface area (Å²) < 4.78 is 5.99. The normalized spacial score (nSPS) is 11.3. The smallest absolute Gasteiger partial charge is 0.138 e. The van der Waals surface area contributed by atoms with Gasteiger partial charge in [-0.05, 0) is 64.7 Å². The second-order valence-electron chi connectivity index (χ2n) is 6.81. The van der Waals surface area contributed by atoms with Crippen molar-refractivity contribution in [1.82, 2.24) is 0 Å². The molecule has 4 aromatic carbocycles. The predicted molar refractivity (Wildman–Crippen MR) is 123 cm³/mol. The summed E-state index contributed by atoms with van der Waals surface area (Å²) in [5.41, 5.74) is 3.92. The molecular formula is C25H19Cl2NO. The number of ether oxygens (including phenoxy) is 1. The van der Waals surface area contributed by atoms with E-state index in [-0.39, 0.29) is 0 Å². The lowest BCUT2D eigenvalue weighted by molar-refractivity contribution is 0.308. The van der Waals surface area contributed by atoms with Crippen molar-refractivity contribution in [2.24, 2.45) is 4.99 Å². The largest absolute Gasteiger partial charge is 0.487 e. The number of aryl methyl sites for hydroxylation is 1. The quantitative estimate of drug-likeness (QED) is 0.302. The van der Waals surface area contributed by atoms with Crippen molar-refractivity contribution in [3.63, 3.8) is 0 Å². The molecule has 0 spiro atoms. The van der Waals surface area contributed by atoms with Gasteiger partial charge in [0.25, 0.3) is 0 Å². The van der Waals surface area contributed by atoms with Crippen LogP contribution in [0.25, 0.3) is 10.8 Å². The maximum Gasteiger partial charge on any atom is 0.138 e. The summed E-state index contributed by atoms with van der Waals surface area (Å²) in [6, 6.07) is 25.8. The molecule has 0 bridgehead atoms. The van der Waals surface area contributed by atoms with Crippen molar-refractivity contribution in [3.8, 4) is 5.75 Å². The maximum atomic E-state index is 6.44. The second-order valence-corrected chi connectivity index (χ2v) is 7.65. The van der Waals surface area contributed by atoms with E-state index < -0.39 is 0 Å². The Hall–Kier alpha value is -2.81. The van der Waals surface area contributed by atoms with Gasteiger partial charge in [-0.1, -0.05) is 71.7 Å². The van der Waals surface area contributed by atoms with Crippen LogP contribution in [0, 0.1) is 6.92 Å². The third-order valence-corrected chi connectivity index (χ3v) is 5.27. The van der Waals surface area contributed by atoms with E-state index in [1.165, 1.54) is 10.8 Å². The van der Waals surface area contributed by atoms with Gasteiger partial charge in [-0.3, -0.25) is 4.99 Å². The first kappa shape index (κ1) is 19.5. The van der Waals surface area contributed by atoms with Crippen LogP contribution in [0.4, 0.5) is 5.69 Å². The van der Waals surface area contributed by atoms with Gasteiger partial charge in [0.1, 0.15) is 12.4 Å². The third-order valence-electron chi connectivity index (χ3n) is 4.74. The average molecular weight is 420 g/mol. The number of hydrogen-bond acceptors (Lipinski definition) is 2. The van der Waals surface area contributed by atoms with Gasteiger partial charge >= 0.3 is 0 Å². The molecule has 0 aliphatic heterocycles. The summed E-state index contributed by atoms with van der Waals surface area (Å²) >= 11 is 12.5. The first-order valence-electron chi connectivity index (χ1n) is 9.29. The number of fused-ring (bicyclic) bond motifs is 1. The molecule has 0 fully saturated rings. The number of rotatable bonds is 5. The van der Waals surface area contributed by atoms with Gasteiger partial charge in [0.2, 0.25) is 0 Å². The SMILES string of the molecule is Cc1ccc(Cl)cc1N=Cc1ccc(OCc2cccc3ccccc23)c(Cl)c1. The number of aliphatic imine (C=N–C) groups is 1. The number of hydrogen-bond donors (Lipinski definition) is 0. The van der Waals surface area contributed by atoms with Crippen molar-refractivity contribution in [2.75, 3.05) is 0 Å². The minimum Gasteiger partial charge on any atom is -0.487 e. The van der Waals surface area contributed by atoms with Crippen LogP contribution in [0.5, 0.6) is 5.75 Å². The van der Waals surface area contributed by atoms with Crippen molar-refractivity contribution in [3.05, 3.63) is 106 Å². The van der Waals surface area contributed by atoms with E-state index in [0.29, 0.717) is 22.4 Å². The van der Waals surface area contributed by atoms with E-state index >= 15 is 0 Å². The van der Waals surface area contributed by atoms with Gasteiger partial charge in [-0.2, -0.15) is 0 Å². The summed E-state index contributed by atoms with van der Waals surface area (Å²) in [6.45, 7) is 2.45. The molecule has 4 rings (SSSR count). The molecule has 4 heteroatoms. The van der Waals surface area contributed by atoms with E-state index in [1.54, 1.807) is 6.21 Å². The highest BCUT2D eigenvalue weighted by atomic mass is 35.5. The Bertz CT molecular complexity index is 1200. The summed E-state index contributed by atoms with van der Waals surface area (Å²) in [4.78, 5) is 4.53. The number of halogens is 2. The van der Waals surface area contributed by atoms with E-state index in [0.717, 1.165) is 22.4 Å². The lowest BCUT2D eigenvalue weighted by Crippen LogP contribution is -1.97. The molecule has 0 saturated heterocycles. The Morgan fingerprint density at radius 2 is 1.72 bits per heavy atom. The third kappa shape index (κ3) is 4.61. The van der Waals surface area contributed by atoms with Gasteiger partial charge in [-0.25, -0.2) is 0 Å². The van der Waals surface area contributed by atoms with Gasteiger partial charge in [-0.15, -0.1) is 0 Å². The molecule has 4 aromatic rings. The Kier molecular flexibility index (Phi) is 5.84. The zero-order chi connectivity index (χ0) is 20.2. The first-order valence-corrected chi connectivity index (χ1v) is 10.0. The molecule has 0 heterocycles. The van der Waals surface area contributed by atoms with Crippen LogP contribution in [0.3, 0.4) is 0 Å². The van der Waals surface area contributed by atoms with Gasteiger partial charge in [0.15, 0.2) is 0 Å². The molecule has 0 aliphatic carbocycles. The molecule has 0 atom stereocenters. The predicted octanol–water partition coefficient (Wildman–Crippen LogP) is 7.78. The Balaban J connectivity index is 1.50. The highest BCUT2D eigenvalue weighted by Gasteiger charge is 2.06. The molecule has 29 heavy (non-hydrogen) atoms. The standard InChI is InChI=1S/C25H19Cl2NO/c1-17-9-11-21(26)14-24(17)28-15-18-10-12-25(23(27)13-18)29-16-20-7-4-6-19-5-2-3-8-22(19)20/h2-15H,16H2,1H3. The van der Waals surface area contributed by atoms with E-state index in [4.69, 9.17) is 27.9 Å². The van der Waals surface area contributed by atoms with Crippen LogP contribution >= 0.6 is 23.2 Å². The summed E-state index contributed by atoms with van der Waals surface area (Å²) in [5, 5.41) is 3.60. The number of benzene rings is 4. The van der Waals surface area contributed by atoms with Crippen LogP contribution in [0.2, 0.25) is 10.0 Å². The summed E-state index contributed by atoms with van der Waals surface area (Å²) in [7, 11) is 0. The summed E-state index contributed by atoms with van der Waals surface area (Å²) in [6.07, 6.45) is 1.78. The summed E-state index contributed by atoms with van der Waals surface area (Å²) in [5.74, 6) is 0.649. The highest BCUT2D eigenvalue weighted by molar-refractivity contribution is 6.32. The Labute approximate surface area is 180 Å². The molecule has 0 N–H and O–H groups in total. The van der Waals surface area contributed by atoms with Crippen LogP contribution in [0.1, 0.15) is 16.7 Å². The zero-order valence-electron chi connectivity index (χ0n) is 15.9. The zero-order valence-corrected chi connectivity index (χ0v) is 17.4. The van der Waals surface area contributed by atoms with Gasteiger partial charge in [0.05, 0.1) is 10.7 Å². The molecular weight excluding hydrogens is 401 g/mol. The van der Waals surface area contributed by atoms with Crippen LogP contribution in [-0.2, 0) is 6.61 Å². The van der Waals surface area contributed by atoms with E-state index in [2.05, 4.69) is 29.3 Å². The first-order chi connectivity index (χ1) is 14.1. The van der Waals surface area contributed by atoms with Crippen molar-refractivity contribution < 1.29 is 4.74 Å². The van der Waals surface area contributed by atoms with Crippen LogP contribution < -0.4 is 4.74 Å². The van der Waals surface area contributed by atoms with Gasteiger partial charge in [0, 0.05) is 11.2 Å². The average Bonchev–Trinajstić information content (AvgIpc) is 2.73. The minimum atomic E-state index is 0.455. The lowest BCUT2D eigenvalue weighted by atomic mass is 10.1. The van der Waals surface area contributed by atoms with Crippen LogP contribution in [0.15, 0.2) is 83.9 Å². The lowest BCUT2D eigenvalue weighted by Gasteiger charge is -2.11. The fourth-order valence-corrected chi connectivity index (χ4v) is 3.56. The van der Waals surface area contributed by atoms with Crippen molar-refractivity contribution in [1.29, 1.82) is 0 Å². The molecule has 144 valence electrons. The highest BCUT2D eigenvalue weighted by Crippen LogP contribution is 2.28. The molecule has 2 nitrogen and oxygen atoms in total. The van der Waals surface area contributed by atoms with Gasteiger partial charge < -0.3 is 4.74 Å². The monoisotopic (exact) mass is 419 g/mol. The fourth-order valence-electron chi connectivity index (χ4n) is 3.15. The molecule has 0 saturated carbocycles. The topological polar surface area (TPSA) is 21.6 Å².